The second-order valence-electron chi connectivity index (χ2n) is 6.20. The number of hydrogen-bond donors (Lipinski definition) is 1. The van der Waals surface area contributed by atoms with Crippen LogP contribution < -0.4 is 0 Å². The molecule has 136 valence electrons. The van der Waals surface area contributed by atoms with E-state index in [0.717, 1.165) is 24.2 Å². The summed E-state index contributed by atoms with van der Waals surface area (Å²) in [5, 5.41) is 7.94. The highest BCUT2D eigenvalue weighted by molar-refractivity contribution is 7.89. The molecule has 1 aromatic heterocycles. The minimum atomic E-state index is -3.19. The van der Waals surface area contributed by atoms with Crippen molar-refractivity contribution in [3.63, 3.8) is 0 Å². The van der Waals surface area contributed by atoms with Crippen LogP contribution in [0.15, 0.2) is 24.3 Å². The van der Waals surface area contributed by atoms with Gasteiger partial charge in [-0.15, -0.1) is 0 Å². The van der Waals surface area contributed by atoms with Gasteiger partial charge in [-0.1, -0.05) is 23.7 Å². The van der Waals surface area contributed by atoms with Crippen molar-refractivity contribution in [3.8, 4) is 0 Å². The predicted molar refractivity (Wildman–Crippen MR) is 101 cm³/mol. The van der Waals surface area contributed by atoms with Crippen molar-refractivity contribution < 1.29 is 8.42 Å². The third-order valence-corrected chi connectivity index (χ3v) is 6.96. The van der Waals surface area contributed by atoms with Crippen molar-refractivity contribution >= 4 is 33.8 Å². The number of halogens is 1. The molecule has 2 aromatic rings. The first-order valence-corrected chi connectivity index (χ1v) is 10.7. The summed E-state index contributed by atoms with van der Waals surface area (Å²) in [7, 11) is -3.19. The van der Waals surface area contributed by atoms with Crippen molar-refractivity contribution in [1.29, 1.82) is 0 Å². The van der Waals surface area contributed by atoms with Crippen LogP contribution in [0.3, 0.4) is 0 Å². The second kappa shape index (κ2) is 7.57. The first kappa shape index (κ1) is 18.6. The van der Waals surface area contributed by atoms with Crippen LogP contribution in [-0.4, -0.2) is 46.3 Å². The highest BCUT2D eigenvalue weighted by atomic mass is 35.5. The minimum Gasteiger partial charge on any atom is -0.299 e. The van der Waals surface area contributed by atoms with Crippen molar-refractivity contribution in [2.24, 2.45) is 0 Å². The number of piperidine rings is 1. The lowest BCUT2D eigenvalue weighted by atomic mass is 9.98. The number of nitrogens with zero attached hydrogens (tertiary/aromatic N) is 3. The van der Waals surface area contributed by atoms with Gasteiger partial charge in [0.2, 0.25) is 10.0 Å². The highest BCUT2D eigenvalue weighted by Gasteiger charge is 2.31. The fourth-order valence-corrected chi connectivity index (χ4v) is 4.66. The maximum Gasteiger partial charge on any atom is 0.213 e. The summed E-state index contributed by atoms with van der Waals surface area (Å²) in [4.78, 5) is 0. The van der Waals surface area contributed by atoms with Crippen molar-refractivity contribution in [3.05, 3.63) is 45.4 Å². The number of rotatable bonds is 5. The summed E-state index contributed by atoms with van der Waals surface area (Å²) >= 11 is 11.3. The van der Waals surface area contributed by atoms with Crippen molar-refractivity contribution in [1.82, 2.24) is 19.1 Å². The first-order chi connectivity index (χ1) is 11.9. The second-order valence-corrected chi connectivity index (χ2v) is 9.28. The Morgan fingerprint density at radius 3 is 2.76 bits per heavy atom. The van der Waals surface area contributed by atoms with Gasteiger partial charge in [-0.2, -0.15) is 5.10 Å². The Labute approximate surface area is 157 Å². The first-order valence-electron chi connectivity index (χ1n) is 8.28. The molecule has 1 atom stereocenters. The Morgan fingerprint density at radius 1 is 1.36 bits per heavy atom. The molecule has 0 spiro atoms. The van der Waals surface area contributed by atoms with Crippen LogP contribution in [0.5, 0.6) is 0 Å². The third-order valence-electron chi connectivity index (χ3n) is 4.55. The van der Waals surface area contributed by atoms with E-state index in [1.54, 1.807) is 11.2 Å². The normalized spacial score (nSPS) is 19.2. The van der Waals surface area contributed by atoms with Crippen LogP contribution in [0, 0.1) is 4.77 Å². The van der Waals surface area contributed by atoms with E-state index in [2.05, 4.69) is 10.2 Å². The summed E-state index contributed by atoms with van der Waals surface area (Å²) in [6, 6.07) is 7.60. The molecule has 1 fully saturated rings. The number of aromatic nitrogens is 3. The SMILES string of the molecule is CCS(=O)(=O)N1CCCC(c2n[nH]c(=S)n2Cc2ccc(Cl)cc2)C1. The van der Waals surface area contributed by atoms with Crippen LogP contribution in [0.4, 0.5) is 0 Å². The van der Waals surface area contributed by atoms with Crippen LogP contribution >= 0.6 is 23.8 Å². The molecule has 1 aliphatic rings. The molecule has 1 aliphatic heterocycles. The lowest BCUT2D eigenvalue weighted by Gasteiger charge is -2.31. The van der Waals surface area contributed by atoms with E-state index in [9.17, 15) is 8.42 Å². The van der Waals surface area contributed by atoms with E-state index in [1.807, 2.05) is 28.8 Å². The molecule has 1 aromatic carbocycles. The molecule has 0 bridgehead atoms. The number of aromatic amines is 1. The number of nitrogens with one attached hydrogen (secondary N) is 1. The molecule has 0 radical (unpaired) electrons. The van der Waals surface area contributed by atoms with Gasteiger partial charge in [-0.05, 0) is 49.7 Å². The molecule has 1 saturated heterocycles. The maximum absolute atomic E-state index is 12.2. The molecular weight excluding hydrogens is 380 g/mol. The fourth-order valence-electron chi connectivity index (χ4n) is 3.16. The van der Waals surface area contributed by atoms with Crippen LogP contribution in [0.1, 0.15) is 37.1 Å². The molecule has 3 rings (SSSR count). The number of benzene rings is 1. The summed E-state index contributed by atoms with van der Waals surface area (Å²) in [6.45, 7) is 3.29. The Kier molecular flexibility index (Phi) is 5.62. The molecule has 0 saturated carbocycles. The van der Waals surface area contributed by atoms with E-state index in [0.29, 0.717) is 29.4 Å². The van der Waals surface area contributed by atoms with Gasteiger partial charge in [0, 0.05) is 24.0 Å². The molecule has 6 nitrogen and oxygen atoms in total. The number of hydrogen-bond acceptors (Lipinski definition) is 4. The van der Waals surface area contributed by atoms with Gasteiger partial charge in [0.1, 0.15) is 5.82 Å². The average molecular weight is 401 g/mol. The van der Waals surface area contributed by atoms with E-state index >= 15 is 0 Å². The van der Waals surface area contributed by atoms with Gasteiger partial charge in [0.25, 0.3) is 0 Å². The zero-order valence-corrected chi connectivity index (χ0v) is 16.4. The van der Waals surface area contributed by atoms with Gasteiger partial charge >= 0.3 is 0 Å². The van der Waals surface area contributed by atoms with E-state index in [4.69, 9.17) is 23.8 Å². The van der Waals surface area contributed by atoms with Gasteiger partial charge in [0.15, 0.2) is 4.77 Å². The topological polar surface area (TPSA) is 71.0 Å². The highest BCUT2D eigenvalue weighted by Crippen LogP contribution is 2.28. The van der Waals surface area contributed by atoms with Gasteiger partial charge < -0.3 is 0 Å². The van der Waals surface area contributed by atoms with Crippen molar-refractivity contribution in [2.75, 3.05) is 18.8 Å². The summed E-state index contributed by atoms with van der Waals surface area (Å²) in [5.41, 5.74) is 1.07. The predicted octanol–water partition coefficient (Wildman–Crippen LogP) is 3.17. The van der Waals surface area contributed by atoms with Crippen molar-refractivity contribution in [2.45, 2.75) is 32.2 Å². The summed E-state index contributed by atoms with van der Waals surface area (Å²) in [5.74, 6) is 0.975. The Balaban J connectivity index is 1.85. The largest absolute Gasteiger partial charge is 0.299 e. The zero-order chi connectivity index (χ0) is 18.0. The molecule has 25 heavy (non-hydrogen) atoms. The lowest BCUT2D eigenvalue weighted by molar-refractivity contribution is 0.305. The minimum absolute atomic E-state index is 0.0373. The molecule has 9 heteroatoms. The monoisotopic (exact) mass is 400 g/mol. The zero-order valence-electron chi connectivity index (χ0n) is 14.0. The van der Waals surface area contributed by atoms with E-state index in [-0.39, 0.29) is 11.7 Å². The quantitative estimate of drug-likeness (QED) is 0.782. The van der Waals surface area contributed by atoms with Gasteiger partial charge in [-0.3, -0.25) is 9.67 Å². The average Bonchev–Trinajstić information content (AvgIpc) is 2.98. The molecule has 0 amide bonds. The molecular formula is C16H21ClN4O2S2. The standard InChI is InChI=1S/C16H21ClN4O2S2/c1-2-25(22,23)20-9-3-4-13(11-20)15-18-19-16(24)21(15)10-12-5-7-14(17)8-6-12/h5-8,13H,2-4,9-11H2,1H3,(H,19,24). The Bertz CT molecular complexity index is 890. The van der Waals surface area contributed by atoms with Crippen LogP contribution in [-0.2, 0) is 16.6 Å². The Morgan fingerprint density at radius 2 is 2.08 bits per heavy atom. The molecule has 0 aliphatic carbocycles. The Hall–Kier alpha value is -1.22. The molecule has 1 N–H and O–H groups in total. The lowest BCUT2D eigenvalue weighted by Crippen LogP contribution is -2.40. The maximum atomic E-state index is 12.2. The van der Waals surface area contributed by atoms with Gasteiger partial charge in [0.05, 0.1) is 12.3 Å². The van der Waals surface area contributed by atoms with Crippen LogP contribution in [0.25, 0.3) is 0 Å². The molecule has 2 heterocycles. The smallest absolute Gasteiger partial charge is 0.213 e. The molecule has 1 unspecified atom stereocenters. The fraction of sp³-hybridized carbons (Fsp3) is 0.500. The number of H-pyrrole nitrogens is 1. The summed E-state index contributed by atoms with van der Waals surface area (Å²) in [6.07, 6.45) is 1.72. The van der Waals surface area contributed by atoms with E-state index in [1.165, 1.54) is 0 Å². The van der Waals surface area contributed by atoms with Gasteiger partial charge in [-0.25, -0.2) is 12.7 Å². The number of sulfonamides is 1. The summed E-state index contributed by atoms with van der Waals surface area (Å²) < 4.78 is 28.5. The van der Waals surface area contributed by atoms with E-state index < -0.39 is 10.0 Å². The van der Waals surface area contributed by atoms with Crippen LogP contribution in [0.2, 0.25) is 5.02 Å². The third kappa shape index (κ3) is 4.13.